The lowest BCUT2D eigenvalue weighted by atomic mass is 9.94. The number of hydrazone groups is 1. The maximum atomic E-state index is 12.8. The first-order valence-electron chi connectivity index (χ1n) is 13.4. The van der Waals surface area contributed by atoms with Crippen molar-refractivity contribution in [1.29, 1.82) is 5.26 Å². The highest BCUT2D eigenvalue weighted by molar-refractivity contribution is 8.00. The largest absolute Gasteiger partial charge is 0.507 e. The number of furan rings is 1. The fourth-order valence-electron chi connectivity index (χ4n) is 5.17. The summed E-state index contributed by atoms with van der Waals surface area (Å²) in [6, 6.07) is 27.0. The molecule has 2 N–H and O–H groups in total. The van der Waals surface area contributed by atoms with E-state index in [0.717, 1.165) is 64.8 Å². The minimum atomic E-state index is -0.357. The number of nitrogens with zero attached hydrogens (tertiary/aromatic N) is 3. The first kappa shape index (κ1) is 26.4. The number of fused-ring (bicyclic) bond motifs is 3. The van der Waals surface area contributed by atoms with Crippen LogP contribution in [0, 0.1) is 11.3 Å². The van der Waals surface area contributed by atoms with Crippen LogP contribution in [-0.4, -0.2) is 28.0 Å². The Morgan fingerprint density at radius 3 is 2.54 bits per heavy atom. The number of rotatable bonds is 7. The molecular formula is C33H26N4O3S. The van der Waals surface area contributed by atoms with Gasteiger partial charge in [-0.2, -0.15) is 10.4 Å². The van der Waals surface area contributed by atoms with Gasteiger partial charge in [0, 0.05) is 34.1 Å². The summed E-state index contributed by atoms with van der Waals surface area (Å²) in [6.07, 6.45) is 5.38. The van der Waals surface area contributed by atoms with E-state index in [0.29, 0.717) is 21.7 Å². The highest BCUT2D eigenvalue weighted by atomic mass is 32.2. The lowest BCUT2D eigenvalue weighted by molar-refractivity contribution is -0.118. The maximum Gasteiger partial charge on any atom is 0.250 e. The van der Waals surface area contributed by atoms with Crippen LogP contribution in [0.5, 0.6) is 5.75 Å². The van der Waals surface area contributed by atoms with E-state index >= 15 is 0 Å². The number of carbonyl (C=O) groups is 1. The Balaban J connectivity index is 1.24. The van der Waals surface area contributed by atoms with Crippen LogP contribution in [0.25, 0.3) is 33.4 Å². The van der Waals surface area contributed by atoms with Crippen molar-refractivity contribution in [3.8, 4) is 34.2 Å². The number of carbonyl (C=O) groups excluding carboxylic acids is 1. The van der Waals surface area contributed by atoms with Crippen LogP contribution < -0.4 is 5.43 Å². The Bertz CT molecular complexity index is 1810. The van der Waals surface area contributed by atoms with E-state index in [1.807, 2.05) is 66.7 Å². The number of aromatic nitrogens is 1. The van der Waals surface area contributed by atoms with Gasteiger partial charge >= 0.3 is 0 Å². The van der Waals surface area contributed by atoms with Crippen LogP contribution >= 0.6 is 11.8 Å². The molecule has 0 spiro atoms. The topological polar surface area (TPSA) is 112 Å². The molecule has 0 radical (unpaired) electrons. The van der Waals surface area contributed by atoms with E-state index in [1.165, 1.54) is 18.0 Å². The number of benzene rings is 3. The van der Waals surface area contributed by atoms with Gasteiger partial charge in [0.25, 0.3) is 0 Å². The lowest BCUT2D eigenvalue weighted by Gasteiger charge is -2.12. The molecule has 0 fully saturated rings. The number of amides is 1. The molecule has 1 amide bonds. The average Bonchev–Trinajstić information content (AvgIpc) is 3.40. The average molecular weight is 559 g/mol. The zero-order valence-corrected chi connectivity index (χ0v) is 22.9. The fourth-order valence-corrected chi connectivity index (χ4v) is 5.97. The molecule has 8 heteroatoms. The summed E-state index contributed by atoms with van der Waals surface area (Å²) < 4.78 is 6.01. The molecular weight excluding hydrogens is 532 g/mol. The Labute approximate surface area is 241 Å². The van der Waals surface area contributed by atoms with Crippen LogP contribution in [0.1, 0.15) is 35.3 Å². The fraction of sp³-hybridized carbons (Fsp3) is 0.152. The van der Waals surface area contributed by atoms with Crippen molar-refractivity contribution in [3.63, 3.8) is 0 Å². The van der Waals surface area contributed by atoms with Crippen LogP contribution in [0.2, 0.25) is 0 Å². The Morgan fingerprint density at radius 1 is 1.05 bits per heavy atom. The second-order valence-corrected chi connectivity index (χ2v) is 10.7. The Kier molecular flexibility index (Phi) is 7.52. The number of pyridine rings is 1. The molecule has 7 nitrogen and oxygen atoms in total. The predicted molar refractivity (Wildman–Crippen MR) is 161 cm³/mol. The Hall–Kier alpha value is -4.87. The quantitative estimate of drug-likeness (QED) is 0.128. The number of hydrogen-bond donors (Lipinski definition) is 2. The predicted octanol–water partition coefficient (Wildman–Crippen LogP) is 6.86. The second-order valence-electron chi connectivity index (χ2n) is 9.74. The van der Waals surface area contributed by atoms with Crippen molar-refractivity contribution in [2.75, 3.05) is 5.75 Å². The Morgan fingerprint density at radius 2 is 1.78 bits per heavy atom. The number of phenols is 1. The van der Waals surface area contributed by atoms with Crippen LogP contribution in [0.15, 0.2) is 93.4 Å². The van der Waals surface area contributed by atoms with Crippen molar-refractivity contribution in [3.05, 3.63) is 101 Å². The number of nitrogens with one attached hydrogen (secondary N) is 1. The van der Waals surface area contributed by atoms with Gasteiger partial charge in [-0.15, -0.1) is 0 Å². The van der Waals surface area contributed by atoms with Crippen LogP contribution in [-0.2, 0) is 17.6 Å². The van der Waals surface area contributed by atoms with Crippen molar-refractivity contribution in [1.82, 2.24) is 10.4 Å². The third-order valence-corrected chi connectivity index (χ3v) is 8.09. The lowest BCUT2D eigenvalue weighted by Crippen LogP contribution is -2.20. The number of nitriles is 1. The van der Waals surface area contributed by atoms with Crippen molar-refractivity contribution >= 4 is 34.9 Å². The summed E-state index contributed by atoms with van der Waals surface area (Å²) in [7, 11) is 0. The first-order valence-corrected chi connectivity index (χ1v) is 14.4. The zero-order chi connectivity index (χ0) is 28.2. The number of phenolic OH excluding ortho intramolecular Hbond substituents is 1. The van der Waals surface area contributed by atoms with Gasteiger partial charge in [-0.25, -0.2) is 10.4 Å². The summed E-state index contributed by atoms with van der Waals surface area (Å²) in [5.41, 5.74) is 8.60. The van der Waals surface area contributed by atoms with Crippen LogP contribution in [0.4, 0.5) is 0 Å². The molecule has 0 saturated carbocycles. The molecule has 41 heavy (non-hydrogen) atoms. The van der Waals surface area contributed by atoms with Gasteiger partial charge in [0.05, 0.1) is 23.2 Å². The molecule has 2 heterocycles. The van der Waals surface area contributed by atoms with Gasteiger partial charge in [-0.3, -0.25) is 4.79 Å². The van der Waals surface area contributed by atoms with Gasteiger partial charge in [0.2, 0.25) is 5.91 Å². The SMILES string of the molecule is N#Cc1c(-c2ccccc2)cc(-c2ccccc2)nc1SCC(=O)N/N=C/c1c(O)ccc2oc3c(c12)CCCC3. The van der Waals surface area contributed by atoms with Gasteiger partial charge in [-0.05, 0) is 43.0 Å². The number of aromatic hydroxyl groups is 1. The van der Waals surface area contributed by atoms with Crippen molar-refractivity contribution < 1.29 is 14.3 Å². The van der Waals surface area contributed by atoms with E-state index in [9.17, 15) is 15.2 Å². The normalized spacial score (nSPS) is 12.8. The van der Waals surface area contributed by atoms with E-state index in [1.54, 1.807) is 12.1 Å². The number of thioether (sulfide) groups is 1. The molecule has 2 aromatic heterocycles. The molecule has 0 unspecified atom stereocenters. The van der Waals surface area contributed by atoms with Gasteiger partial charge in [0.15, 0.2) is 0 Å². The van der Waals surface area contributed by atoms with E-state index < -0.39 is 0 Å². The third kappa shape index (κ3) is 5.45. The molecule has 1 aliphatic carbocycles. The smallest absolute Gasteiger partial charge is 0.250 e. The molecule has 5 aromatic rings. The van der Waals surface area contributed by atoms with E-state index in [-0.39, 0.29) is 17.4 Å². The monoisotopic (exact) mass is 558 g/mol. The highest BCUT2D eigenvalue weighted by Crippen LogP contribution is 2.37. The van der Waals surface area contributed by atoms with E-state index in [4.69, 9.17) is 9.40 Å². The van der Waals surface area contributed by atoms with Gasteiger partial charge in [0.1, 0.15) is 28.2 Å². The van der Waals surface area contributed by atoms with Crippen molar-refractivity contribution in [2.45, 2.75) is 30.7 Å². The number of hydrogen-bond acceptors (Lipinski definition) is 7. The second kappa shape index (κ2) is 11.7. The summed E-state index contributed by atoms with van der Waals surface area (Å²) in [4.78, 5) is 17.6. The molecule has 6 rings (SSSR count). The third-order valence-electron chi connectivity index (χ3n) is 7.11. The van der Waals surface area contributed by atoms with Gasteiger partial charge < -0.3 is 9.52 Å². The minimum Gasteiger partial charge on any atom is -0.507 e. The van der Waals surface area contributed by atoms with Crippen molar-refractivity contribution in [2.24, 2.45) is 5.10 Å². The van der Waals surface area contributed by atoms with Crippen LogP contribution in [0.3, 0.4) is 0 Å². The summed E-state index contributed by atoms with van der Waals surface area (Å²) in [5, 5.41) is 26.1. The maximum absolute atomic E-state index is 12.8. The molecule has 0 atom stereocenters. The molecule has 0 aliphatic heterocycles. The molecule has 3 aromatic carbocycles. The summed E-state index contributed by atoms with van der Waals surface area (Å²) in [6.45, 7) is 0. The molecule has 1 aliphatic rings. The van der Waals surface area contributed by atoms with Gasteiger partial charge in [-0.1, -0.05) is 72.4 Å². The molecule has 0 bridgehead atoms. The first-order chi connectivity index (χ1) is 20.1. The zero-order valence-electron chi connectivity index (χ0n) is 22.1. The minimum absolute atomic E-state index is 0.00276. The standard InChI is InChI=1S/C33H26N4O3S/c34-18-25-24(21-9-3-1-4-10-21)17-27(22-11-5-2-6-12-22)36-33(25)41-20-31(39)37-35-19-26-28(38)15-16-30-32(26)23-13-7-8-14-29(23)40-30/h1-6,9-12,15-17,19,38H,7-8,13-14,20H2,(H,37,39)/b35-19+. The summed E-state index contributed by atoms with van der Waals surface area (Å²) in [5.74, 6) is 0.681. The summed E-state index contributed by atoms with van der Waals surface area (Å²) >= 11 is 1.19. The highest BCUT2D eigenvalue weighted by Gasteiger charge is 2.21. The number of aryl methyl sites for hydroxylation is 2. The molecule has 202 valence electrons. The van der Waals surface area contributed by atoms with E-state index in [2.05, 4.69) is 16.6 Å². The molecule has 0 saturated heterocycles.